The van der Waals surface area contributed by atoms with Crippen LogP contribution in [0.25, 0.3) is 0 Å². The molecule has 0 spiro atoms. The van der Waals surface area contributed by atoms with Crippen LogP contribution < -0.4 is 9.62 Å². The topological polar surface area (TPSA) is 92.5 Å². The van der Waals surface area contributed by atoms with E-state index in [4.69, 9.17) is 4.52 Å². The number of nitrogens with zero attached hydrogens (tertiary/aromatic N) is 2. The molecule has 1 amide bonds. The number of aromatic nitrogens is 1. The summed E-state index contributed by atoms with van der Waals surface area (Å²) in [5.74, 6) is 0.321. The van der Waals surface area contributed by atoms with Gasteiger partial charge in [0, 0.05) is 12.1 Å². The third kappa shape index (κ3) is 4.72. The van der Waals surface area contributed by atoms with Gasteiger partial charge < -0.3 is 9.84 Å². The number of hydrogen-bond acceptors (Lipinski definition) is 5. The molecule has 0 saturated heterocycles. The second kappa shape index (κ2) is 7.13. The van der Waals surface area contributed by atoms with Crippen molar-refractivity contribution >= 4 is 21.7 Å². The average Bonchev–Trinajstić information content (AvgIpc) is 2.68. The summed E-state index contributed by atoms with van der Waals surface area (Å²) < 4.78 is 29.6. The summed E-state index contributed by atoms with van der Waals surface area (Å²) in [4.78, 5) is 12.2. The van der Waals surface area contributed by atoms with E-state index in [0.717, 1.165) is 36.2 Å². The van der Waals surface area contributed by atoms with Crippen LogP contribution in [-0.4, -0.2) is 38.3 Å². The van der Waals surface area contributed by atoms with Gasteiger partial charge in [-0.2, -0.15) is 0 Å². The Morgan fingerprint density at radius 2 is 2.00 bits per heavy atom. The predicted molar refractivity (Wildman–Crippen MR) is 83.1 cm³/mol. The molecule has 1 aromatic heterocycles. The first kappa shape index (κ1) is 16.8. The van der Waals surface area contributed by atoms with Crippen molar-refractivity contribution in [1.29, 1.82) is 0 Å². The summed E-state index contributed by atoms with van der Waals surface area (Å²) in [6, 6.07) is 1.63. The molecular weight excluding hydrogens is 306 g/mol. The Balaban J connectivity index is 2.02. The van der Waals surface area contributed by atoms with Crippen LogP contribution in [-0.2, 0) is 14.8 Å². The molecule has 8 heteroatoms. The average molecular weight is 329 g/mol. The molecule has 1 heterocycles. The van der Waals surface area contributed by atoms with E-state index in [1.165, 1.54) is 18.9 Å². The van der Waals surface area contributed by atoms with Gasteiger partial charge in [0.15, 0.2) is 5.82 Å². The van der Waals surface area contributed by atoms with E-state index in [1.807, 2.05) is 0 Å². The Hall–Kier alpha value is -1.57. The number of rotatable bonds is 5. The minimum atomic E-state index is -3.60. The SMILES string of the molecule is Cc1cc(N(CC(=O)NC2CCCCCC2)S(C)(=O)=O)no1. The van der Waals surface area contributed by atoms with Gasteiger partial charge in [-0.05, 0) is 19.8 Å². The van der Waals surface area contributed by atoms with Crippen molar-refractivity contribution in [3.63, 3.8) is 0 Å². The first-order chi connectivity index (χ1) is 10.4. The highest BCUT2D eigenvalue weighted by Crippen LogP contribution is 2.19. The van der Waals surface area contributed by atoms with Crippen molar-refractivity contribution in [1.82, 2.24) is 10.5 Å². The smallest absolute Gasteiger partial charge is 0.241 e. The highest BCUT2D eigenvalue weighted by molar-refractivity contribution is 7.92. The normalized spacial score (nSPS) is 17.0. The Labute approximate surface area is 131 Å². The molecule has 1 saturated carbocycles. The number of sulfonamides is 1. The standard InChI is InChI=1S/C14H23N3O4S/c1-11-9-13(16-21-11)17(22(2,19)20)10-14(18)15-12-7-5-3-4-6-8-12/h9,12H,3-8,10H2,1-2H3,(H,15,18). The third-order valence-electron chi connectivity index (χ3n) is 3.78. The fourth-order valence-corrected chi connectivity index (χ4v) is 3.44. The molecule has 1 aliphatic rings. The lowest BCUT2D eigenvalue weighted by Crippen LogP contribution is -2.44. The van der Waals surface area contributed by atoms with Crippen LogP contribution in [0.4, 0.5) is 5.82 Å². The molecule has 0 radical (unpaired) electrons. The number of nitrogens with one attached hydrogen (secondary N) is 1. The highest BCUT2D eigenvalue weighted by Gasteiger charge is 2.25. The van der Waals surface area contributed by atoms with Gasteiger partial charge in [-0.25, -0.2) is 12.7 Å². The lowest BCUT2D eigenvalue weighted by molar-refractivity contribution is -0.120. The quantitative estimate of drug-likeness (QED) is 0.828. The van der Waals surface area contributed by atoms with Crippen LogP contribution in [0, 0.1) is 6.92 Å². The van der Waals surface area contributed by atoms with E-state index in [0.29, 0.717) is 5.76 Å². The fraction of sp³-hybridized carbons (Fsp3) is 0.714. The Kier molecular flexibility index (Phi) is 5.44. The number of hydrogen-bond donors (Lipinski definition) is 1. The highest BCUT2D eigenvalue weighted by atomic mass is 32.2. The molecule has 0 aliphatic heterocycles. The van der Waals surface area contributed by atoms with Crippen LogP contribution in [0.3, 0.4) is 0 Å². The molecule has 7 nitrogen and oxygen atoms in total. The molecule has 1 N–H and O–H groups in total. The van der Waals surface area contributed by atoms with Gasteiger partial charge in [-0.15, -0.1) is 0 Å². The number of carbonyl (C=O) groups excluding carboxylic acids is 1. The zero-order valence-electron chi connectivity index (χ0n) is 13.0. The van der Waals surface area contributed by atoms with Gasteiger partial charge in [-0.1, -0.05) is 30.8 Å². The van der Waals surface area contributed by atoms with E-state index >= 15 is 0 Å². The van der Waals surface area contributed by atoms with Crippen molar-refractivity contribution in [2.45, 2.75) is 51.5 Å². The summed E-state index contributed by atoms with van der Waals surface area (Å²) in [5.41, 5.74) is 0. The van der Waals surface area contributed by atoms with Crippen LogP contribution in [0.5, 0.6) is 0 Å². The molecule has 22 heavy (non-hydrogen) atoms. The molecule has 0 unspecified atom stereocenters. The molecule has 1 aliphatic carbocycles. The van der Waals surface area contributed by atoms with Crippen LogP contribution in [0.15, 0.2) is 10.6 Å². The zero-order chi connectivity index (χ0) is 16.2. The molecule has 0 aromatic carbocycles. The number of anilines is 1. The predicted octanol–water partition coefficient (Wildman–Crippen LogP) is 1.59. The Bertz CT molecular complexity index is 603. The van der Waals surface area contributed by atoms with Crippen molar-refractivity contribution in [3.05, 3.63) is 11.8 Å². The van der Waals surface area contributed by atoms with Crippen LogP contribution >= 0.6 is 0 Å². The number of amides is 1. The number of aryl methyl sites for hydroxylation is 1. The molecule has 124 valence electrons. The second-order valence-corrected chi connectivity index (χ2v) is 7.73. The first-order valence-electron chi connectivity index (χ1n) is 7.56. The van der Waals surface area contributed by atoms with Gasteiger partial charge in [0.1, 0.15) is 12.3 Å². The van der Waals surface area contributed by atoms with E-state index in [9.17, 15) is 13.2 Å². The van der Waals surface area contributed by atoms with E-state index in [2.05, 4.69) is 10.5 Å². The van der Waals surface area contributed by atoms with Crippen molar-refractivity contribution in [2.75, 3.05) is 17.1 Å². The van der Waals surface area contributed by atoms with E-state index in [1.54, 1.807) is 6.92 Å². The lowest BCUT2D eigenvalue weighted by Gasteiger charge is -2.21. The zero-order valence-corrected chi connectivity index (χ0v) is 13.9. The molecule has 2 rings (SSSR count). The molecule has 0 atom stereocenters. The second-order valence-electron chi connectivity index (χ2n) is 5.82. The van der Waals surface area contributed by atoms with Crippen molar-refractivity contribution < 1.29 is 17.7 Å². The largest absolute Gasteiger partial charge is 0.360 e. The van der Waals surface area contributed by atoms with Gasteiger partial charge in [0.05, 0.1) is 6.26 Å². The minimum Gasteiger partial charge on any atom is -0.360 e. The third-order valence-corrected chi connectivity index (χ3v) is 4.90. The molecule has 1 fully saturated rings. The summed E-state index contributed by atoms with van der Waals surface area (Å²) in [6.45, 7) is 1.39. The summed E-state index contributed by atoms with van der Waals surface area (Å²) in [7, 11) is -3.60. The molecule has 0 bridgehead atoms. The summed E-state index contributed by atoms with van der Waals surface area (Å²) >= 11 is 0. The van der Waals surface area contributed by atoms with Gasteiger partial charge in [0.25, 0.3) is 0 Å². The molecular formula is C14H23N3O4S. The maximum absolute atomic E-state index is 12.2. The maximum atomic E-state index is 12.2. The Morgan fingerprint density at radius 3 is 2.50 bits per heavy atom. The van der Waals surface area contributed by atoms with Gasteiger partial charge in [-0.3, -0.25) is 4.79 Å². The first-order valence-corrected chi connectivity index (χ1v) is 9.41. The van der Waals surface area contributed by atoms with Crippen LogP contribution in [0.1, 0.15) is 44.3 Å². The van der Waals surface area contributed by atoms with Gasteiger partial charge in [0.2, 0.25) is 15.9 Å². The minimum absolute atomic E-state index is 0.135. The Morgan fingerprint density at radius 1 is 1.36 bits per heavy atom. The van der Waals surface area contributed by atoms with E-state index < -0.39 is 10.0 Å². The van der Waals surface area contributed by atoms with Crippen molar-refractivity contribution in [3.8, 4) is 0 Å². The van der Waals surface area contributed by atoms with Crippen LogP contribution in [0.2, 0.25) is 0 Å². The van der Waals surface area contributed by atoms with Gasteiger partial charge >= 0.3 is 0 Å². The molecule has 1 aromatic rings. The fourth-order valence-electron chi connectivity index (χ4n) is 2.67. The lowest BCUT2D eigenvalue weighted by atomic mass is 10.1. The summed E-state index contributed by atoms with van der Waals surface area (Å²) in [5, 5.41) is 6.62. The van der Waals surface area contributed by atoms with Crippen molar-refractivity contribution in [2.24, 2.45) is 0 Å². The maximum Gasteiger partial charge on any atom is 0.241 e. The number of carbonyl (C=O) groups is 1. The monoisotopic (exact) mass is 329 g/mol. The van der Waals surface area contributed by atoms with E-state index in [-0.39, 0.29) is 24.3 Å². The summed E-state index contributed by atoms with van der Waals surface area (Å²) in [6.07, 6.45) is 7.55.